The van der Waals surface area contributed by atoms with Crippen molar-refractivity contribution in [3.05, 3.63) is 59.2 Å². The van der Waals surface area contributed by atoms with Crippen LogP contribution in [0.5, 0.6) is 0 Å². The van der Waals surface area contributed by atoms with Gasteiger partial charge in [-0.15, -0.1) is 11.8 Å². The van der Waals surface area contributed by atoms with Crippen molar-refractivity contribution < 1.29 is 14.7 Å². The van der Waals surface area contributed by atoms with Crippen LogP contribution in [0, 0.1) is 6.92 Å². The fraction of sp³-hybridized carbons (Fsp3) is 0.176. The molecular weight excluding hydrogens is 298 g/mol. The standard InChI is InChI=1S/C17H15NO3S/c1-11-4-2-3-5-13(11)9-18-14-8-12(17(20)21)6-7-15(14)22-10-16(18)19/h2-8H,9-10H2,1H3,(H,20,21). The third-order valence-corrected chi connectivity index (χ3v) is 4.79. The lowest BCUT2D eigenvalue weighted by molar-refractivity contribution is -0.116. The topological polar surface area (TPSA) is 57.6 Å². The van der Waals surface area contributed by atoms with Crippen molar-refractivity contribution in [1.29, 1.82) is 0 Å². The van der Waals surface area contributed by atoms with Gasteiger partial charge in [-0.25, -0.2) is 4.79 Å². The molecular formula is C17H15NO3S. The molecule has 5 heteroatoms. The van der Waals surface area contributed by atoms with E-state index in [1.54, 1.807) is 23.1 Å². The minimum absolute atomic E-state index is 0.00305. The average molecular weight is 313 g/mol. The van der Waals surface area contributed by atoms with Gasteiger partial charge in [-0.2, -0.15) is 0 Å². The van der Waals surface area contributed by atoms with Crippen LogP contribution in [0.2, 0.25) is 0 Å². The van der Waals surface area contributed by atoms with Gasteiger partial charge in [0.1, 0.15) is 0 Å². The maximum Gasteiger partial charge on any atom is 0.335 e. The van der Waals surface area contributed by atoms with Gasteiger partial charge in [0.15, 0.2) is 0 Å². The van der Waals surface area contributed by atoms with Crippen LogP contribution in [0.25, 0.3) is 0 Å². The zero-order valence-corrected chi connectivity index (χ0v) is 12.9. The fourth-order valence-corrected chi connectivity index (χ4v) is 3.38. The summed E-state index contributed by atoms with van der Waals surface area (Å²) in [5.74, 6) is -0.601. The second kappa shape index (κ2) is 5.85. The molecule has 0 radical (unpaired) electrons. The van der Waals surface area contributed by atoms with Crippen LogP contribution in [0.1, 0.15) is 21.5 Å². The van der Waals surface area contributed by atoms with Crippen molar-refractivity contribution in [1.82, 2.24) is 0 Å². The number of carboxylic acid groups (broad SMARTS) is 1. The first-order valence-corrected chi connectivity index (χ1v) is 7.90. The summed E-state index contributed by atoms with van der Waals surface area (Å²) in [5, 5.41) is 9.16. The van der Waals surface area contributed by atoms with Crippen LogP contribution in [0.3, 0.4) is 0 Å². The molecule has 1 heterocycles. The Morgan fingerprint density at radius 1 is 1.27 bits per heavy atom. The lowest BCUT2D eigenvalue weighted by Gasteiger charge is -2.29. The Hall–Kier alpha value is -2.27. The Kier molecular flexibility index (Phi) is 3.90. The van der Waals surface area contributed by atoms with E-state index >= 15 is 0 Å². The number of rotatable bonds is 3. The number of carboxylic acids is 1. The van der Waals surface area contributed by atoms with E-state index in [9.17, 15) is 9.59 Å². The highest BCUT2D eigenvalue weighted by Gasteiger charge is 2.26. The molecule has 4 nitrogen and oxygen atoms in total. The number of thioether (sulfide) groups is 1. The number of hydrogen-bond acceptors (Lipinski definition) is 3. The normalized spacial score (nSPS) is 13.9. The highest BCUT2D eigenvalue weighted by molar-refractivity contribution is 8.00. The van der Waals surface area contributed by atoms with E-state index in [1.165, 1.54) is 11.8 Å². The van der Waals surface area contributed by atoms with Gasteiger partial charge in [0.05, 0.1) is 23.5 Å². The van der Waals surface area contributed by atoms with Crippen LogP contribution < -0.4 is 4.90 Å². The van der Waals surface area contributed by atoms with Crippen molar-refractivity contribution in [2.75, 3.05) is 10.7 Å². The molecule has 0 unspecified atom stereocenters. The molecule has 0 aliphatic carbocycles. The van der Waals surface area contributed by atoms with E-state index in [4.69, 9.17) is 5.11 Å². The van der Waals surface area contributed by atoms with Gasteiger partial charge in [0, 0.05) is 4.90 Å². The number of fused-ring (bicyclic) bond motifs is 1. The van der Waals surface area contributed by atoms with Gasteiger partial charge in [-0.3, -0.25) is 4.79 Å². The summed E-state index contributed by atoms with van der Waals surface area (Å²) in [6.07, 6.45) is 0. The van der Waals surface area contributed by atoms with Gasteiger partial charge in [0.25, 0.3) is 0 Å². The summed E-state index contributed by atoms with van der Waals surface area (Å²) >= 11 is 1.45. The molecule has 0 aromatic heterocycles. The first kappa shape index (κ1) is 14.7. The van der Waals surface area contributed by atoms with Gasteiger partial charge in [-0.1, -0.05) is 24.3 Å². The maximum atomic E-state index is 12.3. The van der Waals surface area contributed by atoms with E-state index < -0.39 is 5.97 Å². The monoisotopic (exact) mass is 313 g/mol. The number of carbonyl (C=O) groups excluding carboxylic acids is 1. The Morgan fingerprint density at radius 2 is 2.05 bits per heavy atom. The molecule has 1 aliphatic heterocycles. The molecule has 22 heavy (non-hydrogen) atoms. The molecule has 0 saturated carbocycles. The number of hydrogen-bond donors (Lipinski definition) is 1. The van der Waals surface area contributed by atoms with E-state index in [0.29, 0.717) is 18.0 Å². The molecule has 0 atom stereocenters. The van der Waals surface area contributed by atoms with E-state index in [1.807, 2.05) is 31.2 Å². The van der Waals surface area contributed by atoms with Crippen molar-refractivity contribution in [2.24, 2.45) is 0 Å². The molecule has 3 rings (SSSR count). The predicted molar refractivity (Wildman–Crippen MR) is 86.5 cm³/mol. The largest absolute Gasteiger partial charge is 0.478 e. The summed E-state index contributed by atoms with van der Waals surface area (Å²) in [5.41, 5.74) is 3.06. The van der Waals surface area contributed by atoms with Crippen molar-refractivity contribution in [3.8, 4) is 0 Å². The summed E-state index contributed by atoms with van der Waals surface area (Å²) in [7, 11) is 0. The zero-order valence-electron chi connectivity index (χ0n) is 12.1. The first-order valence-electron chi connectivity index (χ1n) is 6.91. The van der Waals surface area contributed by atoms with Gasteiger partial charge in [0.2, 0.25) is 5.91 Å². The Labute approximate surface area is 132 Å². The minimum atomic E-state index is -0.985. The molecule has 112 valence electrons. The minimum Gasteiger partial charge on any atom is -0.478 e. The van der Waals surface area contributed by atoms with Crippen LogP contribution in [-0.4, -0.2) is 22.7 Å². The molecule has 2 aromatic carbocycles. The number of aryl methyl sites for hydroxylation is 1. The molecule has 0 fully saturated rings. The molecule has 2 aromatic rings. The molecule has 0 spiro atoms. The van der Waals surface area contributed by atoms with Crippen LogP contribution in [-0.2, 0) is 11.3 Å². The lowest BCUT2D eigenvalue weighted by Crippen LogP contribution is -2.35. The smallest absolute Gasteiger partial charge is 0.335 e. The van der Waals surface area contributed by atoms with Crippen LogP contribution >= 0.6 is 11.8 Å². The van der Waals surface area contributed by atoms with Crippen molar-refractivity contribution in [2.45, 2.75) is 18.4 Å². The van der Waals surface area contributed by atoms with E-state index in [0.717, 1.165) is 16.0 Å². The molecule has 0 saturated heterocycles. The molecule has 0 bridgehead atoms. The van der Waals surface area contributed by atoms with Gasteiger partial charge < -0.3 is 10.0 Å². The fourth-order valence-electron chi connectivity index (χ4n) is 2.47. The Morgan fingerprint density at radius 3 is 2.77 bits per heavy atom. The number of amides is 1. The molecule has 1 N–H and O–H groups in total. The number of nitrogens with zero attached hydrogens (tertiary/aromatic N) is 1. The van der Waals surface area contributed by atoms with Crippen LogP contribution in [0.4, 0.5) is 5.69 Å². The third-order valence-electron chi connectivity index (χ3n) is 3.74. The van der Waals surface area contributed by atoms with Crippen molar-refractivity contribution >= 4 is 29.3 Å². The van der Waals surface area contributed by atoms with E-state index in [-0.39, 0.29) is 11.5 Å². The highest BCUT2D eigenvalue weighted by Crippen LogP contribution is 2.37. The summed E-state index contributed by atoms with van der Waals surface area (Å²) in [6, 6.07) is 12.8. The second-order valence-electron chi connectivity index (χ2n) is 5.18. The predicted octanol–water partition coefficient (Wildman–Crippen LogP) is 3.33. The Balaban J connectivity index is 2.01. The SMILES string of the molecule is Cc1ccccc1CN1C(=O)CSc2ccc(C(=O)O)cc21. The van der Waals surface area contributed by atoms with Gasteiger partial charge >= 0.3 is 5.97 Å². The van der Waals surface area contributed by atoms with Gasteiger partial charge in [-0.05, 0) is 36.2 Å². The number of benzene rings is 2. The second-order valence-corrected chi connectivity index (χ2v) is 6.20. The average Bonchev–Trinajstić information content (AvgIpc) is 2.51. The summed E-state index contributed by atoms with van der Waals surface area (Å²) < 4.78 is 0. The number of aromatic carboxylic acids is 1. The quantitative estimate of drug-likeness (QED) is 0.944. The Bertz CT molecular complexity index is 757. The molecule has 1 aliphatic rings. The highest BCUT2D eigenvalue weighted by atomic mass is 32.2. The lowest BCUT2D eigenvalue weighted by atomic mass is 10.1. The number of anilines is 1. The summed E-state index contributed by atoms with van der Waals surface area (Å²) in [6.45, 7) is 2.47. The first-order chi connectivity index (χ1) is 10.6. The molecule has 1 amide bonds. The van der Waals surface area contributed by atoms with Crippen molar-refractivity contribution in [3.63, 3.8) is 0 Å². The van der Waals surface area contributed by atoms with E-state index in [2.05, 4.69) is 0 Å². The maximum absolute atomic E-state index is 12.3. The van der Waals surface area contributed by atoms with Crippen LogP contribution in [0.15, 0.2) is 47.4 Å². The zero-order chi connectivity index (χ0) is 15.7. The number of carbonyl (C=O) groups is 2. The third kappa shape index (κ3) is 2.72. The summed E-state index contributed by atoms with van der Waals surface area (Å²) in [4.78, 5) is 26.1.